The first-order valence-corrected chi connectivity index (χ1v) is 16.6. The van der Waals surface area contributed by atoms with Crippen LogP contribution in [0.1, 0.15) is 52.0 Å². The number of hydrogen-bond acceptors (Lipinski definition) is 6. The van der Waals surface area contributed by atoms with Gasteiger partial charge in [-0.25, -0.2) is 0 Å². The third-order valence-electron chi connectivity index (χ3n) is 8.70. The van der Waals surface area contributed by atoms with Crippen LogP contribution >= 0.6 is 15.9 Å². The van der Waals surface area contributed by atoms with Crippen LogP contribution in [0.2, 0.25) is 0 Å². The van der Waals surface area contributed by atoms with Gasteiger partial charge >= 0.3 is 0 Å². The summed E-state index contributed by atoms with van der Waals surface area (Å²) in [7, 11) is 0. The van der Waals surface area contributed by atoms with E-state index in [0.29, 0.717) is 41.2 Å². The fraction of sp³-hybridized carbons (Fsp3) is 0.211. The Morgan fingerprint density at radius 1 is 1.00 bits per heavy atom. The number of amides is 2. The molecule has 0 aliphatic carbocycles. The summed E-state index contributed by atoms with van der Waals surface area (Å²) in [5.41, 5.74) is 3.02. The van der Waals surface area contributed by atoms with E-state index in [9.17, 15) is 19.8 Å². The minimum Gasteiger partial charge on any atom is -0.395 e. The van der Waals surface area contributed by atoms with Crippen LogP contribution in [0, 0.1) is 5.92 Å². The van der Waals surface area contributed by atoms with E-state index in [0.717, 1.165) is 15.6 Å². The zero-order valence-corrected chi connectivity index (χ0v) is 28.0. The van der Waals surface area contributed by atoms with Crippen molar-refractivity contribution in [3.8, 4) is 0 Å². The molecule has 3 N–H and O–H groups in total. The molecule has 48 heavy (non-hydrogen) atoms. The summed E-state index contributed by atoms with van der Waals surface area (Å²) in [6.07, 6.45) is 6.25. The van der Waals surface area contributed by atoms with Gasteiger partial charge in [-0.2, -0.15) is 0 Å². The molecule has 0 spiro atoms. The van der Waals surface area contributed by atoms with Gasteiger partial charge in [0.1, 0.15) is 0 Å². The zero-order chi connectivity index (χ0) is 33.7. The van der Waals surface area contributed by atoms with Crippen LogP contribution in [0.3, 0.4) is 0 Å². The number of rotatable bonds is 12. The minimum atomic E-state index is -1.78. The molecular formula is C38H36BrN5O4. The monoisotopic (exact) mass is 705 g/mol. The molecule has 1 aliphatic heterocycles. The van der Waals surface area contributed by atoms with Gasteiger partial charge in [0.2, 0.25) is 0 Å². The highest BCUT2D eigenvalue weighted by molar-refractivity contribution is 9.10. The van der Waals surface area contributed by atoms with Gasteiger partial charge < -0.3 is 20.4 Å². The van der Waals surface area contributed by atoms with Crippen LogP contribution in [0.25, 0.3) is 0 Å². The van der Waals surface area contributed by atoms with Crippen LogP contribution in [0.5, 0.6) is 0 Å². The van der Waals surface area contributed by atoms with Crippen molar-refractivity contribution in [3.63, 3.8) is 0 Å². The molecule has 1 aromatic heterocycles. The number of aliphatic hydroxyl groups is 2. The normalized spacial score (nSPS) is 17.0. The fourth-order valence-electron chi connectivity index (χ4n) is 6.08. The Balaban J connectivity index is 1.14. The molecule has 0 fully saturated rings. The molecule has 244 valence electrons. The molecule has 0 saturated carbocycles. The van der Waals surface area contributed by atoms with E-state index in [1.807, 2.05) is 104 Å². The molecule has 1 unspecified atom stereocenters. The summed E-state index contributed by atoms with van der Waals surface area (Å²) < 4.78 is 2.49. The molecule has 0 bridgehead atoms. The number of halogens is 1. The topological polar surface area (TPSA) is 121 Å². The van der Waals surface area contributed by atoms with Crippen LogP contribution in [-0.2, 0) is 23.5 Å². The van der Waals surface area contributed by atoms with Crippen molar-refractivity contribution in [1.29, 1.82) is 0 Å². The van der Waals surface area contributed by atoms with E-state index in [2.05, 4.69) is 31.6 Å². The average molecular weight is 707 g/mol. The number of benzene rings is 4. The van der Waals surface area contributed by atoms with Gasteiger partial charge in [0, 0.05) is 39.9 Å². The van der Waals surface area contributed by atoms with E-state index in [4.69, 9.17) is 0 Å². The molecule has 0 radical (unpaired) electrons. The maximum atomic E-state index is 14.1. The quantitative estimate of drug-likeness (QED) is 0.129. The van der Waals surface area contributed by atoms with Crippen LogP contribution < -0.4 is 10.2 Å². The molecule has 2 heterocycles. The first kappa shape index (κ1) is 33.0. The molecule has 10 heteroatoms. The zero-order valence-electron chi connectivity index (χ0n) is 26.4. The summed E-state index contributed by atoms with van der Waals surface area (Å²) in [6, 6.07) is 31.5. The number of aliphatic hydroxyl groups excluding tert-OH is 1. The number of aromatic nitrogens is 3. The molecule has 0 saturated heterocycles. The number of carbonyl (C=O) groups excluding carboxylic acids is 2. The SMILES string of the molecule is C[C@@H](/C=C/CCn1cc(C(CO)c2ccccc2)nn1)[C@]1(O)C(=O)N(Cc2cccc(NC(=O)c3ccccc3)c2)c2ccc(Br)cc21. The molecule has 2 amide bonds. The van der Waals surface area contributed by atoms with Gasteiger partial charge in [0.05, 0.1) is 30.5 Å². The Morgan fingerprint density at radius 2 is 1.75 bits per heavy atom. The molecular weight excluding hydrogens is 670 g/mol. The molecule has 1 aliphatic rings. The Labute approximate surface area is 287 Å². The smallest absolute Gasteiger partial charge is 0.264 e. The standard InChI is InChI=1S/C38H36BrN5O4/c1-26(11-8-9-20-43-24-34(41-42-43)32(25-45)28-13-4-2-5-14-28)38(48)33-22-30(39)18-19-35(33)44(37(38)47)23-27-12-10-17-31(21-27)40-36(46)29-15-6-3-7-16-29/h2-8,10-19,21-22,24,26,32,45,48H,9,20,23,25H2,1H3,(H,40,46)/b11-8+/t26-,32?,38+/m0/s1. The van der Waals surface area contributed by atoms with Gasteiger partial charge in [0.15, 0.2) is 5.60 Å². The molecule has 9 nitrogen and oxygen atoms in total. The fourth-order valence-corrected chi connectivity index (χ4v) is 6.44. The van der Waals surface area contributed by atoms with Gasteiger partial charge in [0.25, 0.3) is 11.8 Å². The Bertz CT molecular complexity index is 1930. The second kappa shape index (κ2) is 14.5. The third kappa shape index (κ3) is 6.87. The number of carbonyl (C=O) groups is 2. The number of anilines is 2. The van der Waals surface area contributed by atoms with Crippen molar-refractivity contribution in [2.45, 2.75) is 38.0 Å². The van der Waals surface area contributed by atoms with Gasteiger partial charge in [-0.1, -0.05) is 101 Å². The second-order valence-corrected chi connectivity index (χ2v) is 12.8. The highest BCUT2D eigenvalue weighted by Crippen LogP contribution is 2.46. The lowest BCUT2D eigenvalue weighted by Crippen LogP contribution is -2.44. The van der Waals surface area contributed by atoms with Crippen LogP contribution in [0.15, 0.2) is 126 Å². The Morgan fingerprint density at radius 3 is 2.50 bits per heavy atom. The highest BCUT2D eigenvalue weighted by Gasteiger charge is 2.52. The number of aryl methyl sites for hydroxylation is 1. The van der Waals surface area contributed by atoms with E-state index in [-0.39, 0.29) is 25.0 Å². The maximum Gasteiger partial charge on any atom is 0.264 e. The number of nitrogens with zero attached hydrogens (tertiary/aromatic N) is 4. The molecule has 3 atom stereocenters. The number of fused-ring (bicyclic) bond motifs is 1. The lowest BCUT2D eigenvalue weighted by atomic mass is 9.83. The lowest BCUT2D eigenvalue weighted by Gasteiger charge is -2.28. The summed E-state index contributed by atoms with van der Waals surface area (Å²) >= 11 is 3.52. The van der Waals surface area contributed by atoms with Crippen molar-refractivity contribution in [3.05, 3.63) is 154 Å². The first-order valence-electron chi connectivity index (χ1n) is 15.8. The maximum absolute atomic E-state index is 14.1. The first-order chi connectivity index (χ1) is 23.3. The number of hydrogen-bond donors (Lipinski definition) is 3. The predicted molar refractivity (Wildman–Crippen MR) is 188 cm³/mol. The summed E-state index contributed by atoms with van der Waals surface area (Å²) in [4.78, 5) is 28.4. The minimum absolute atomic E-state index is 0.0718. The van der Waals surface area contributed by atoms with Gasteiger partial charge in [-0.15, -0.1) is 5.10 Å². The Hall–Kier alpha value is -4.90. The van der Waals surface area contributed by atoms with E-state index in [1.54, 1.807) is 33.8 Å². The second-order valence-electron chi connectivity index (χ2n) is 11.9. The van der Waals surface area contributed by atoms with Crippen molar-refractivity contribution in [2.24, 2.45) is 5.92 Å². The van der Waals surface area contributed by atoms with Gasteiger partial charge in [-0.05, 0) is 60.0 Å². The molecule has 5 aromatic rings. The van der Waals surface area contributed by atoms with Gasteiger partial charge in [-0.3, -0.25) is 14.3 Å². The van der Waals surface area contributed by atoms with Crippen molar-refractivity contribution in [1.82, 2.24) is 15.0 Å². The average Bonchev–Trinajstić information content (AvgIpc) is 3.65. The highest BCUT2D eigenvalue weighted by atomic mass is 79.9. The number of nitrogens with one attached hydrogen (secondary N) is 1. The van der Waals surface area contributed by atoms with Crippen LogP contribution in [0.4, 0.5) is 11.4 Å². The third-order valence-corrected chi connectivity index (χ3v) is 9.19. The summed E-state index contributed by atoms with van der Waals surface area (Å²) in [6.45, 7) is 2.52. The summed E-state index contributed by atoms with van der Waals surface area (Å²) in [5, 5.41) is 33.5. The van der Waals surface area contributed by atoms with Crippen molar-refractivity contribution in [2.75, 3.05) is 16.8 Å². The molecule has 6 rings (SSSR count). The largest absolute Gasteiger partial charge is 0.395 e. The summed E-state index contributed by atoms with van der Waals surface area (Å²) in [5.74, 6) is -1.43. The van der Waals surface area contributed by atoms with E-state index < -0.39 is 17.4 Å². The van der Waals surface area contributed by atoms with Crippen molar-refractivity contribution < 1.29 is 19.8 Å². The van der Waals surface area contributed by atoms with E-state index in [1.165, 1.54) is 0 Å². The Kier molecular flexibility index (Phi) is 9.95. The molecule has 4 aromatic carbocycles. The lowest BCUT2D eigenvalue weighted by molar-refractivity contribution is -0.139. The number of allylic oxidation sites excluding steroid dienone is 1. The van der Waals surface area contributed by atoms with Crippen LogP contribution in [-0.4, -0.2) is 43.6 Å². The predicted octanol–water partition coefficient (Wildman–Crippen LogP) is 6.43. The van der Waals surface area contributed by atoms with Crippen molar-refractivity contribution >= 4 is 39.1 Å². The van der Waals surface area contributed by atoms with E-state index >= 15 is 0 Å².